The predicted molar refractivity (Wildman–Crippen MR) is 93.8 cm³/mol. The molecule has 2 aromatic rings. The van der Waals surface area contributed by atoms with Crippen molar-refractivity contribution in [3.8, 4) is 11.3 Å². The fourth-order valence-electron chi connectivity index (χ4n) is 3.82. The van der Waals surface area contributed by atoms with Gasteiger partial charge in [-0.1, -0.05) is 43.2 Å². The fraction of sp³-hybridized carbons (Fsp3) is 0.450. The van der Waals surface area contributed by atoms with E-state index in [-0.39, 0.29) is 30.8 Å². The maximum Gasteiger partial charge on any atom is 0.311 e. The van der Waals surface area contributed by atoms with Crippen molar-refractivity contribution in [2.75, 3.05) is 6.54 Å². The molecule has 26 heavy (non-hydrogen) atoms. The van der Waals surface area contributed by atoms with E-state index in [4.69, 9.17) is 9.15 Å². The summed E-state index contributed by atoms with van der Waals surface area (Å²) >= 11 is 0. The van der Waals surface area contributed by atoms with Gasteiger partial charge in [0.2, 0.25) is 11.8 Å². The van der Waals surface area contributed by atoms with E-state index in [0.717, 1.165) is 31.2 Å². The number of oxazole rings is 1. The minimum atomic E-state index is -0.383. The zero-order valence-electron chi connectivity index (χ0n) is 14.6. The predicted octanol–water partition coefficient (Wildman–Crippen LogP) is 3.18. The second-order valence-electron chi connectivity index (χ2n) is 6.98. The van der Waals surface area contributed by atoms with Crippen molar-refractivity contribution < 1.29 is 18.7 Å². The Bertz CT molecular complexity index is 780. The summed E-state index contributed by atoms with van der Waals surface area (Å²) in [5.74, 6) is 0.334. The maximum absolute atomic E-state index is 12.3. The average molecular weight is 354 g/mol. The second-order valence-corrected chi connectivity index (χ2v) is 6.98. The molecule has 0 unspecified atom stereocenters. The molecular weight excluding hydrogens is 332 g/mol. The van der Waals surface area contributed by atoms with Crippen LogP contribution >= 0.6 is 0 Å². The average Bonchev–Trinajstić information content (AvgIpc) is 3.41. The summed E-state index contributed by atoms with van der Waals surface area (Å²) in [7, 11) is 0. The highest BCUT2D eigenvalue weighted by molar-refractivity contribution is 5.87. The van der Waals surface area contributed by atoms with E-state index in [1.165, 1.54) is 0 Å². The van der Waals surface area contributed by atoms with Gasteiger partial charge >= 0.3 is 5.97 Å². The summed E-state index contributed by atoms with van der Waals surface area (Å²) in [6.45, 7) is 0.461. The smallest absolute Gasteiger partial charge is 0.311 e. The Morgan fingerprint density at radius 3 is 2.77 bits per heavy atom. The number of hydrogen-bond acceptors (Lipinski definition) is 5. The molecule has 1 amide bonds. The van der Waals surface area contributed by atoms with E-state index in [1.54, 1.807) is 6.20 Å². The summed E-state index contributed by atoms with van der Waals surface area (Å²) in [5.41, 5.74) is 0.922. The Balaban J connectivity index is 1.32. The Morgan fingerprint density at radius 1 is 1.23 bits per heavy atom. The molecule has 0 bridgehead atoms. The summed E-state index contributed by atoms with van der Waals surface area (Å²) in [4.78, 5) is 30.6. The fourth-order valence-corrected chi connectivity index (χ4v) is 3.82. The van der Waals surface area contributed by atoms with Crippen LogP contribution in [0.3, 0.4) is 0 Å². The van der Waals surface area contributed by atoms with Crippen molar-refractivity contribution in [2.45, 2.75) is 44.8 Å². The van der Waals surface area contributed by atoms with Crippen molar-refractivity contribution in [2.24, 2.45) is 5.92 Å². The number of esters is 1. The summed E-state index contributed by atoms with van der Waals surface area (Å²) in [6.07, 6.45) is 6.29. The van der Waals surface area contributed by atoms with Crippen LogP contribution in [0.2, 0.25) is 0 Å². The molecular formula is C20H22N2O4. The SMILES string of the molecule is O=C(OCc1ncc(-c2ccccc2)o1)[C@H]1CC(=O)N(C2CCCC2)C1. The molecule has 6 nitrogen and oxygen atoms in total. The van der Waals surface area contributed by atoms with Gasteiger partial charge in [-0.3, -0.25) is 9.59 Å². The summed E-state index contributed by atoms with van der Waals surface area (Å²) < 4.78 is 11.0. The Labute approximate surface area is 152 Å². The monoisotopic (exact) mass is 354 g/mol. The first-order chi connectivity index (χ1) is 12.7. The molecule has 1 saturated carbocycles. The number of nitrogens with zero attached hydrogens (tertiary/aromatic N) is 2. The minimum Gasteiger partial charge on any atom is -0.455 e. The number of rotatable bonds is 5. The van der Waals surface area contributed by atoms with Crippen LogP contribution in [0.15, 0.2) is 40.9 Å². The molecule has 2 heterocycles. The zero-order chi connectivity index (χ0) is 17.9. The van der Waals surface area contributed by atoms with Gasteiger partial charge in [-0.2, -0.15) is 0 Å². The minimum absolute atomic E-state index is 0.0141. The molecule has 2 aliphatic rings. The van der Waals surface area contributed by atoms with Crippen molar-refractivity contribution in [3.05, 3.63) is 42.4 Å². The van der Waals surface area contributed by atoms with E-state index < -0.39 is 0 Å². The lowest BCUT2D eigenvalue weighted by atomic mass is 10.1. The van der Waals surface area contributed by atoms with Gasteiger partial charge in [0.25, 0.3) is 0 Å². The van der Waals surface area contributed by atoms with Gasteiger partial charge in [-0.05, 0) is 12.8 Å². The molecule has 1 saturated heterocycles. The normalized spacial score (nSPS) is 20.7. The Morgan fingerprint density at radius 2 is 2.00 bits per heavy atom. The first kappa shape index (κ1) is 16.8. The van der Waals surface area contributed by atoms with Crippen LogP contribution in [0.25, 0.3) is 11.3 Å². The van der Waals surface area contributed by atoms with Gasteiger partial charge in [-0.15, -0.1) is 0 Å². The topological polar surface area (TPSA) is 72.6 Å². The first-order valence-electron chi connectivity index (χ1n) is 9.17. The Kier molecular flexibility index (Phi) is 4.73. The van der Waals surface area contributed by atoms with Gasteiger partial charge in [0, 0.05) is 24.6 Å². The lowest BCUT2D eigenvalue weighted by Crippen LogP contribution is -2.35. The number of carbonyl (C=O) groups is 2. The van der Waals surface area contributed by atoms with E-state index in [0.29, 0.717) is 24.2 Å². The highest BCUT2D eigenvalue weighted by Crippen LogP contribution is 2.30. The van der Waals surface area contributed by atoms with Gasteiger partial charge in [0.05, 0.1) is 12.1 Å². The van der Waals surface area contributed by atoms with Crippen molar-refractivity contribution in [1.82, 2.24) is 9.88 Å². The molecule has 0 radical (unpaired) electrons. The molecule has 1 aromatic carbocycles. The number of ether oxygens (including phenoxy) is 1. The number of benzene rings is 1. The van der Waals surface area contributed by atoms with Crippen LogP contribution in [-0.2, 0) is 20.9 Å². The third kappa shape index (κ3) is 3.49. The van der Waals surface area contributed by atoms with Crippen molar-refractivity contribution in [1.29, 1.82) is 0 Å². The number of hydrogen-bond donors (Lipinski definition) is 0. The molecule has 4 rings (SSSR count). The van der Waals surface area contributed by atoms with Gasteiger partial charge in [-0.25, -0.2) is 4.98 Å². The lowest BCUT2D eigenvalue weighted by Gasteiger charge is -2.23. The molecule has 136 valence electrons. The van der Waals surface area contributed by atoms with Crippen LogP contribution in [0, 0.1) is 5.92 Å². The van der Waals surface area contributed by atoms with Crippen LogP contribution < -0.4 is 0 Å². The van der Waals surface area contributed by atoms with Crippen molar-refractivity contribution in [3.63, 3.8) is 0 Å². The number of amides is 1. The largest absolute Gasteiger partial charge is 0.455 e. The molecule has 0 N–H and O–H groups in total. The van der Waals surface area contributed by atoms with Crippen LogP contribution in [0.4, 0.5) is 0 Å². The van der Waals surface area contributed by atoms with Gasteiger partial charge in [0.15, 0.2) is 12.4 Å². The molecule has 1 aliphatic heterocycles. The van der Waals surface area contributed by atoms with Gasteiger partial charge < -0.3 is 14.1 Å². The molecule has 2 fully saturated rings. The van der Waals surface area contributed by atoms with E-state index >= 15 is 0 Å². The van der Waals surface area contributed by atoms with E-state index in [9.17, 15) is 9.59 Å². The molecule has 0 spiro atoms. The van der Waals surface area contributed by atoms with Crippen LogP contribution in [0.1, 0.15) is 38.0 Å². The van der Waals surface area contributed by atoms with E-state index in [2.05, 4.69) is 4.98 Å². The highest BCUT2D eigenvalue weighted by Gasteiger charge is 2.39. The molecule has 1 aliphatic carbocycles. The first-order valence-corrected chi connectivity index (χ1v) is 9.17. The standard InChI is InChI=1S/C20H22N2O4/c23-19-10-15(12-22(19)16-8-4-5-9-16)20(24)25-13-18-21-11-17(26-18)14-6-2-1-3-7-14/h1-3,6-7,11,15-16H,4-5,8-10,12-13H2/t15-/m0/s1. The third-order valence-electron chi connectivity index (χ3n) is 5.21. The summed E-state index contributed by atoms with van der Waals surface area (Å²) in [5, 5.41) is 0. The van der Waals surface area contributed by atoms with E-state index in [1.807, 2.05) is 35.2 Å². The van der Waals surface area contributed by atoms with Crippen LogP contribution in [-0.4, -0.2) is 34.3 Å². The lowest BCUT2D eigenvalue weighted by molar-refractivity contribution is -0.150. The maximum atomic E-state index is 12.3. The number of likely N-dealkylation sites (tertiary alicyclic amines) is 1. The number of aromatic nitrogens is 1. The molecule has 6 heteroatoms. The third-order valence-corrected chi connectivity index (χ3v) is 5.21. The van der Waals surface area contributed by atoms with Crippen LogP contribution in [0.5, 0.6) is 0 Å². The highest BCUT2D eigenvalue weighted by atomic mass is 16.5. The van der Waals surface area contributed by atoms with Crippen molar-refractivity contribution >= 4 is 11.9 Å². The molecule has 1 aromatic heterocycles. The Hall–Kier alpha value is -2.63. The quantitative estimate of drug-likeness (QED) is 0.771. The zero-order valence-corrected chi connectivity index (χ0v) is 14.6. The summed E-state index contributed by atoms with van der Waals surface area (Å²) in [6, 6.07) is 9.94. The van der Waals surface area contributed by atoms with Gasteiger partial charge in [0.1, 0.15) is 0 Å². The second kappa shape index (κ2) is 7.32. The molecule has 1 atom stereocenters. The number of carbonyl (C=O) groups excluding carboxylic acids is 2.